The Hall–Kier alpha value is -2.44. The van der Waals surface area contributed by atoms with Gasteiger partial charge in [0.05, 0.1) is 5.56 Å². The maximum Gasteiger partial charge on any atom is 0.254 e. The highest BCUT2D eigenvalue weighted by molar-refractivity contribution is 5.97. The molecule has 0 saturated carbocycles. The van der Waals surface area contributed by atoms with E-state index < -0.39 is 6.04 Å². The number of piperidine rings is 1. The molecule has 0 radical (unpaired) electrons. The number of hydrogen-bond donors (Lipinski definition) is 1. The van der Waals surface area contributed by atoms with Crippen LogP contribution in [0.1, 0.15) is 49.4 Å². The maximum absolute atomic E-state index is 12.6. The molecule has 7 nitrogen and oxygen atoms in total. The van der Waals surface area contributed by atoms with E-state index in [1.54, 1.807) is 31.1 Å². The zero-order chi connectivity index (χ0) is 18.4. The molecule has 1 aromatic rings. The molecule has 1 fully saturated rings. The van der Waals surface area contributed by atoms with Crippen LogP contribution in [0.15, 0.2) is 18.3 Å². The third-order valence-corrected chi connectivity index (χ3v) is 4.26. The zero-order valence-corrected chi connectivity index (χ0v) is 15.1. The van der Waals surface area contributed by atoms with E-state index in [0.29, 0.717) is 30.8 Å². The van der Waals surface area contributed by atoms with Crippen molar-refractivity contribution in [2.24, 2.45) is 0 Å². The van der Waals surface area contributed by atoms with Crippen LogP contribution in [0.2, 0.25) is 0 Å². The number of amides is 3. The Labute approximate surface area is 148 Å². The molecule has 1 saturated heterocycles. The first-order valence-corrected chi connectivity index (χ1v) is 8.72. The highest BCUT2D eigenvalue weighted by Crippen LogP contribution is 2.20. The molecule has 1 N–H and O–H groups in total. The van der Waals surface area contributed by atoms with E-state index in [1.165, 1.54) is 11.1 Å². The lowest BCUT2D eigenvalue weighted by atomic mass is 10.0. The van der Waals surface area contributed by atoms with Crippen molar-refractivity contribution in [3.63, 3.8) is 0 Å². The van der Waals surface area contributed by atoms with Gasteiger partial charge in [0, 0.05) is 33.3 Å². The third kappa shape index (κ3) is 4.78. The van der Waals surface area contributed by atoms with Gasteiger partial charge in [-0.15, -0.1) is 0 Å². The molecular weight excluding hydrogens is 320 g/mol. The number of carbonyl (C=O) groups is 3. The van der Waals surface area contributed by atoms with Gasteiger partial charge in [0.2, 0.25) is 11.8 Å². The number of nitrogens with one attached hydrogen (secondary N) is 1. The number of hydrogen-bond acceptors (Lipinski definition) is 4. The lowest BCUT2D eigenvalue weighted by Crippen LogP contribution is -2.50. The van der Waals surface area contributed by atoms with Crippen molar-refractivity contribution in [1.29, 1.82) is 0 Å². The summed E-state index contributed by atoms with van der Waals surface area (Å²) in [5.74, 6) is 0.0494. The summed E-state index contributed by atoms with van der Waals surface area (Å²) in [5.41, 5.74) is 0.459. The van der Waals surface area contributed by atoms with Crippen LogP contribution in [0.25, 0.3) is 0 Å². The largest absolute Gasteiger partial charge is 0.345 e. The average molecular weight is 346 g/mol. The average Bonchev–Trinajstić information content (AvgIpc) is 2.61. The molecule has 2 heterocycles. The van der Waals surface area contributed by atoms with Crippen LogP contribution in [0, 0.1) is 0 Å². The van der Waals surface area contributed by atoms with Crippen molar-refractivity contribution < 1.29 is 14.4 Å². The smallest absolute Gasteiger partial charge is 0.254 e. The summed E-state index contributed by atoms with van der Waals surface area (Å²) in [5, 5.41) is 2.77. The Morgan fingerprint density at radius 3 is 2.64 bits per heavy atom. The van der Waals surface area contributed by atoms with Crippen LogP contribution in [0.4, 0.5) is 5.82 Å². The van der Waals surface area contributed by atoms with Gasteiger partial charge < -0.3 is 15.1 Å². The minimum atomic E-state index is -0.447. The van der Waals surface area contributed by atoms with E-state index in [0.717, 1.165) is 19.3 Å². The fourth-order valence-corrected chi connectivity index (χ4v) is 2.92. The van der Waals surface area contributed by atoms with Crippen LogP contribution in [0.5, 0.6) is 0 Å². The van der Waals surface area contributed by atoms with Crippen molar-refractivity contribution in [2.75, 3.05) is 26.0 Å². The SMILES string of the molecule is CCCC(=O)N1CCCCC1C(=O)Nc1ccc(C(=O)N(C)C)cn1. The van der Waals surface area contributed by atoms with Crippen molar-refractivity contribution in [1.82, 2.24) is 14.8 Å². The van der Waals surface area contributed by atoms with Crippen LogP contribution >= 0.6 is 0 Å². The van der Waals surface area contributed by atoms with E-state index in [1.807, 2.05) is 6.92 Å². The summed E-state index contributed by atoms with van der Waals surface area (Å²) in [4.78, 5) is 44.0. The molecule has 0 spiro atoms. The number of nitrogens with zero attached hydrogens (tertiary/aromatic N) is 3. The maximum atomic E-state index is 12.6. The van der Waals surface area contributed by atoms with Crippen molar-refractivity contribution in [3.8, 4) is 0 Å². The summed E-state index contributed by atoms with van der Waals surface area (Å²) in [6, 6.07) is 2.79. The fraction of sp³-hybridized carbons (Fsp3) is 0.556. The number of pyridine rings is 1. The molecule has 0 aromatic carbocycles. The molecule has 1 unspecified atom stereocenters. The second-order valence-electron chi connectivity index (χ2n) is 6.47. The van der Waals surface area contributed by atoms with Gasteiger partial charge in [-0.1, -0.05) is 6.92 Å². The number of anilines is 1. The quantitative estimate of drug-likeness (QED) is 0.883. The molecule has 0 bridgehead atoms. The minimum absolute atomic E-state index is 0.0298. The van der Waals surface area contributed by atoms with Gasteiger partial charge in [0.1, 0.15) is 11.9 Å². The van der Waals surface area contributed by atoms with Gasteiger partial charge in [-0.3, -0.25) is 14.4 Å². The second-order valence-corrected chi connectivity index (χ2v) is 6.47. The molecule has 0 aliphatic carbocycles. The highest BCUT2D eigenvalue weighted by Gasteiger charge is 2.31. The van der Waals surface area contributed by atoms with Gasteiger partial charge >= 0.3 is 0 Å². The Morgan fingerprint density at radius 1 is 1.28 bits per heavy atom. The summed E-state index contributed by atoms with van der Waals surface area (Å²) >= 11 is 0. The topological polar surface area (TPSA) is 82.6 Å². The molecule has 1 aromatic heterocycles. The molecule has 1 aliphatic heterocycles. The Morgan fingerprint density at radius 2 is 2.04 bits per heavy atom. The number of aromatic nitrogens is 1. The molecule has 7 heteroatoms. The van der Waals surface area contributed by atoms with Crippen LogP contribution in [0.3, 0.4) is 0 Å². The number of likely N-dealkylation sites (tertiary alicyclic amines) is 1. The third-order valence-electron chi connectivity index (χ3n) is 4.26. The Balaban J connectivity index is 2.04. The van der Waals surface area contributed by atoms with Crippen molar-refractivity contribution in [2.45, 2.75) is 45.1 Å². The molecule has 136 valence electrons. The van der Waals surface area contributed by atoms with Crippen LogP contribution in [-0.2, 0) is 9.59 Å². The molecule has 3 amide bonds. The molecule has 1 aliphatic rings. The first-order chi connectivity index (χ1) is 11.9. The van der Waals surface area contributed by atoms with Gasteiger partial charge in [-0.2, -0.15) is 0 Å². The lowest BCUT2D eigenvalue weighted by Gasteiger charge is -2.34. The standard InChI is InChI=1S/C18H26N4O3/c1-4-7-16(23)22-11-6-5-8-14(22)17(24)20-15-10-9-13(12-19-15)18(25)21(2)3/h9-10,12,14H,4-8,11H2,1-3H3,(H,19,20,24). The van der Waals surface area contributed by atoms with Crippen LogP contribution in [-0.4, -0.2) is 59.2 Å². The van der Waals surface area contributed by atoms with Crippen LogP contribution < -0.4 is 5.32 Å². The minimum Gasteiger partial charge on any atom is -0.345 e. The van der Waals surface area contributed by atoms with Gasteiger partial charge in [0.25, 0.3) is 5.91 Å². The van der Waals surface area contributed by atoms with Gasteiger partial charge in [-0.05, 0) is 37.8 Å². The van der Waals surface area contributed by atoms with E-state index >= 15 is 0 Å². The molecular formula is C18H26N4O3. The Bertz CT molecular complexity index is 628. The molecule has 25 heavy (non-hydrogen) atoms. The van der Waals surface area contributed by atoms with E-state index in [4.69, 9.17) is 0 Å². The van der Waals surface area contributed by atoms with E-state index in [-0.39, 0.29) is 17.7 Å². The first-order valence-electron chi connectivity index (χ1n) is 8.72. The summed E-state index contributed by atoms with van der Waals surface area (Å²) in [6.07, 6.45) is 5.20. The monoisotopic (exact) mass is 346 g/mol. The van der Waals surface area contributed by atoms with Gasteiger partial charge in [0.15, 0.2) is 0 Å². The summed E-state index contributed by atoms with van der Waals surface area (Å²) < 4.78 is 0. The highest BCUT2D eigenvalue weighted by atomic mass is 16.2. The second kappa shape index (κ2) is 8.60. The molecule has 2 rings (SSSR count). The normalized spacial score (nSPS) is 17.1. The van der Waals surface area contributed by atoms with Gasteiger partial charge in [-0.25, -0.2) is 4.98 Å². The number of carbonyl (C=O) groups excluding carboxylic acids is 3. The van der Waals surface area contributed by atoms with E-state index in [2.05, 4.69) is 10.3 Å². The predicted octanol–water partition coefficient (Wildman–Crippen LogP) is 1.90. The summed E-state index contributed by atoms with van der Waals surface area (Å²) in [7, 11) is 3.34. The zero-order valence-electron chi connectivity index (χ0n) is 15.1. The fourth-order valence-electron chi connectivity index (χ4n) is 2.92. The lowest BCUT2D eigenvalue weighted by molar-refractivity contribution is -0.140. The Kier molecular flexibility index (Phi) is 6.50. The van der Waals surface area contributed by atoms with Crippen molar-refractivity contribution in [3.05, 3.63) is 23.9 Å². The predicted molar refractivity (Wildman–Crippen MR) is 95.1 cm³/mol. The summed E-state index contributed by atoms with van der Waals surface area (Å²) in [6.45, 7) is 2.58. The van der Waals surface area contributed by atoms with Crippen molar-refractivity contribution >= 4 is 23.5 Å². The number of rotatable bonds is 5. The van der Waals surface area contributed by atoms with E-state index in [9.17, 15) is 14.4 Å². The first kappa shape index (κ1) is 18.9. The molecule has 1 atom stereocenters.